The van der Waals surface area contributed by atoms with Crippen LogP contribution < -0.4 is 0 Å². The van der Waals surface area contributed by atoms with Crippen LogP contribution in [0, 0.1) is 0 Å². The molecule has 0 amide bonds. The van der Waals surface area contributed by atoms with Gasteiger partial charge in [-0.2, -0.15) is 0 Å². The Labute approximate surface area is 81.0 Å². The Morgan fingerprint density at radius 2 is 2.00 bits per heavy atom. The maximum Gasteiger partial charge on any atom is 0.255 e. The zero-order valence-electron chi connectivity index (χ0n) is 7.23. The topological polar surface area (TPSA) is 26.0 Å². The van der Waals surface area contributed by atoms with Crippen LogP contribution in [0.4, 0.5) is 0 Å². The lowest BCUT2D eigenvalue weighted by Crippen LogP contribution is -1.75. The summed E-state index contributed by atoms with van der Waals surface area (Å²) < 4.78 is 5.22. The van der Waals surface area contributed by atoms with Crippen LogP contribution in [0.3, 0.4) is 0 Å². The Balaban J connectivity index is 2.36. The van der Waals surface area contributed by atoms with Crippen molar-refractivity contribution in [2.75, 3.05) is 6.26 Å². The number of oxazole rings is 1. The smallest absolute Gasteiger partial charge is 0.255 e. The quantitative estimate of drug-likeness (QED) is 0.682. The molecule has 2 rings (SSSR count). The van der Waals surface area contributed by atoms with Crippen molar-refractivity contribution < 1.29 is 4.42 Å². The largest absolute Gasteiger partial charge is 0.439 e. The van der Waals surface area contributed by atoms with E-state index in [1.807, 2.05) is 36.6 Å². The van der Waals surface area contributed by atoms with E-state index >= 15 is 0 Å². The van der Waals surface area contributed by atoms with Crippen LogP contribution in [-0.2, 0) is 0 Å². The van der Waals surface area contributed by atoms with Crippen molar-refractivity contribution in [3.63, 3.8) is 0 Å². The van der Waals surface area contributed by atoms with Gasteiger partial charge in [-0.1, -0.05) is 42.1 Å². The molecule has 0 aliphatic carbocycles. The molecule has 2 nitrogen and oxygen atoms in total. The van der Waals surface area contributed by atoms with E-state index in [-0.39, 0.29) is 0 Å². The molecule has 0 saturated heterocycles. The van der Waals surface area contributed by atoms with Crippen molar-refractivity contribution in [1.82, 2.24) is 4.98 Å². The van der Waals surface area contributed by atoms with Crippen molar-refractivity contribution in [2.45, 2.75) is 5.22 Å². The number of thioether (sulfide) groups is 1. The van der Waals surface area contributed by atoms with Gasteiger partial charge in [-0.15, -0.1) is 0 Å². The first-order valence-corrected chi connectivity index (χ1v) is 5.17. The summed E-state index contributed by atoms with van der Waals surface area (Å²) in [5, 5.41) is 0.707. The Hall–Kier alpha value is -1.22. The van der Waals surface area contributed by atoms with Crippen molar-refractivity contribution in [2.24, 2.45) is 0 Å². The molecule has 1 heterocycles. The monoisotopic (exact) mass is 191 g/mol. The molecular weight excluding hydrogens is 182 g/mol. The molecular formula is C10H9NOS. The second-order valence-corrected chi connectivity index (χ2v) is 3.33. The maximum atomic E-state index is 5.22. The third-order valence-electron chi connectivity index (χ3n) is 1.73. The maximum absolute atomic E-state index is 5.22. The molecule has 2 aromatic rings. The van der Waals surface area contributed by atoms with E-state index < -0.39 is 0 Å². The van der Waals surface area contributed by atoms with Crippen LogP contribution in [0.5, 0.6) is 0 Å². The fourth-order valence-corrected chi connectivity index (χ4v) is 1.43. The lowest BCUT2D eigenvalue weighted by Gasteiger charge is -1.91. The second-order valence-electron chi connectivity index (χ2n) is 2.57. The zero-order valence-corrected chi connectivity index (χ0v) is 8.04. The van der Waals surface area contributed by atoms with Gasteiger partial charge in [0.1, 0.15) is 12.0 Å². The van der Waals surface area contributed by atoms with Gasteiger partial charge in [0.2, 0.25) is 0 Å². The van der Waals surface area contributed by atoms with E-state index in [9.17, 15) is 0 Å². The Bertz CT molecular complexity index is 383. The van der Waals surface area contributed by atoms with E-state index in [1.165, 1.54) is 11.8 Å². The number of benzene rings is 1. The first kappa shape index (κ1) is 8.38. The van der Waals surface area contributed by atoms with Gasteiger partial charge in [0.05, 0.1) is 0 Å². The average molecular weight is 191 g/mol. The third kappa shape index (κ3) is 1.75. The molecule has 0 N–H and O–H groups in total. The standard InChI is InChI=1S/C10H9NOS/c1-13-10-11-9(7-12-10)8-5-3-2-4-6-8/h2-7H,1H3. The van der Waals surface area contributed by atoms with Gasteiger partial charge in [0.15, 0.2) is 0 Å². The highest BCUT2D eigenvalue weighted by molar-refractivity contribution is 7.98. The molecule has 66 valence electrons. The van der Waals surface area contributed by atoms with Gasteiger partial charge in [-0.3, -0.25) is 0 Å². The Morgan fingerprint density at radius 3 is 2.62 bits per heavy atom. The summed E-state index contributed by atoms with van der Waals surface area (Å²) in [6.45, 7) is 0. The van der Waals surface area contributed by atoms with E-state index in [4.69, 9.17) is 4.42 Å². The summed E-state index contributed by atoms with van der Waals surface area (Å²) in [4.78, 5) is 4.30. The van der Waals surface area contributed by atoms with Crippen LogP contribution in [0.25, 0.3) is 11.3 Å². The van der Waals surface area contributed by atoms with E-state index in [0.717, 1.165) is 11.3 Å². The van der Waals surface area contributed by atoms with Crippen LogP contribution in [0.2, 0.25) is 0 Å². The number of aromatic nitrogens is 1. The highest BCUT2D eigenvalue weighted by Gasteiger charge is 2.03. The van der Waals surface area contributed by atoms with Gasteiger partial charge in [0.25, 0.3) is 5.22 Å². The molecule has 1 aromatic carbocycles. The minimum Gasteiger partial charge on any atom is -0.439 e. The molecule has 0 aliphatic heterocycles. The molecule has 13 heavy (non-hydrogen) atoms. The highest BCUT2D eigenvalue weighted by atomic mass is 32.2. The number of rotatable bonds is 2. The molecule has 0 saturated carbocycles. The Kier molecular flexibility index (Phi) is 2.36. The summed E-state index contributed by atoms with van der Waals surface area (Å²) in [7, 11) is 0. The Morgan fingerprint density at radius 1 is 1.23 bits per heavy atom. The van der Waals surface area contributed by atoms with Gasteiger partial charge in [0, 0.05) is 5.56 Å². The van der Waals surface area contributed by atoms with Gasteiger partial charge < -0.3 is 4.42 Å². The highest BCUT2D eigenvalue weighted by Crippen LogP contribution is 2.21. The van der Waals surface area contributed by atoms with E-state index in [0.29, 0.717) is 5.22 Å². The fourth-order valence-electron chi connectivity index (χ4n) is 1.09. The lowest BCUT2D eigenvalue weighted by atomic mass is 10.2. The van der Waals surface area contributed by atoms with Crippen molar-refractivity contribution >= 4 is 11.8 Å². The van der Waals surface area contributed by atoms with Gasteiger partial charge in [-0.05, 0) is 6.26 Å². The number of hydrogen-bond acceptors (Lipinski definition) is 3. The van der Waals surface area contributed by atoms with Crippen LogP contribution in [0.1, 0.15) is 0 Å². The van der Waals surface area contributed by atoms with E-state index in [1.54, 1.807) is 6.26 Å². The van der Waals surface area contributed by atoms with Gasteiger partial charge in [-0.25, -0.2) is 4.98 Å². The first-order valence-electron chi connectivity index (χ1n) is 3.95. The summed E-state index contributed by atoms with van der Waals surface area (Å²) in [6, 6.07) is 9.99. The molecule has 0 bridgehead atoms. The molecule has 3 heteroatoms. The van der Waals surface area contributed by atoms with Crippen LogP contribution >= 0.6 is 11.8 Å². The lowest BCUT2D eigenvalue weighted by molar-refractivity contribution is 0.455. The predicted octanol–water partition coefficient (Wildman–Crippen LogP) is 3.06. The van der Waals surface area contributed by atoms with Gasteiger partial charge >= 0.3 is 0 Å². The normalized spacial score (nSPS) is 10.2. The number of hydrogen-bond donors (Lipinski definition) is 0. The van der Waals surface area contributed by atoms with E-state index in [2.05, 4.69) is 4.98 Å². The molecule has 1 aromatic heterocycles. The van der Waals surface area contributed by atoms with Crippen LogP contribution in [0.15, 0.2) is 46.2 Å². The van der Waals surface area contributed by atoms with Crippen molar-refractivity contribution in [3.8, 4) is 11.3 Å². The average Bonchev–Trinajstić information content (AvgIpc) is 2.67. The number of nitrogens with zero attached hydrogens (tertiary/aromatic N) is 1. The molecule has 0 fully saturated rings. The summed E-state index contributed by atoms with van der Waals surface area (Å²) in [5.41, 5.74) is 1.98. The third-order valence-corrected chi connectivity index (χ3v) is 2.26. The molecule has 0 atom stereocenters. The minimum atomic E-state index is 0.707. The summed E-state index contributed by atoms with van der Waals surface area (Å²) in [5.74, 6) is 0. The van der Waals surface area contributed by atoms with Crippen molar-refractivity contribution in [3.05, 3.63) is 36.6 Å². The molecule has 0 spiro atoms. The summed E-state index contributed by atoms with van der Waals surface area (Å²) >= 11 is 1.51. The second kappa shape index (κ2) is 3.66. The molecule has 0 unspecified atom stereocenters. The summed E-state index contributed by atoms with van der Waals surface area (Å²) in [6.07, 6.45) is 3.63. The first-order chi connectivity index (χ1) is 6.40. The van der Waals surface area contributed by atoms with Crippen molar-refractivity contribution in [1.29, 1.82) is 0 Å². The van der Waals surface area contributed by atoms with Crippen LogP contribution in [-0.4, -0.2) is 11.2 Å². The fraction of sp³-hybridized carbons (Fsp3) is 0.100. The predicted molar refractivity (Wildman–Crippen MR) is 53.7 cm³/mol. The SMILES string of the molecule is CSc1nc(-c2ccccc2)co1. The minimum absolute atomic E-state index is 0.707. The molecule has 0 aliphatic rings. The zero-order chi connectivity index (χ0) is 9.10. The molecule has 0 radical (unpaired) electrons.